The first-order valence-electron chi connectivity index (χ1n) is 10.5. The molecule has 0 fully saturated rings. The summed E-state index contributed by atoms with van der Waals surface area (Å²) in [5.74, 6) is 0. The lowest BCUT2D eigenvalue weighted by atomic mass is 9.98. The Morgan fingerprint density at radius 1 is 0.633 bits per heavy atom. The Morgan fingerprint density at radius 2 is 1.23 bits per heavy atom. The molecule has 0 aliphatic heterocycles. The average Bonchev–Trinajstić information content (AvgIpc) is 2.81. The van der Waals surface area contributed by atoms with E-state index in [1.165, 1.54) is 33.6 Å². The molecule has 0 bridgehead atoms. The molecule has 0 atom stereocenters. The molecule has 1 nitrogen and oxygen atoms in total. The molecule has 0 saturated heterocycles. The third-order valence-corrected chi connectivity index (χ3v) is 6.01. The number of nitrogens with zero attached hydrogens (tertiary/aromatic N) is 1. The number of aryl methyl sites for hydroxylation is 2. The molecule has 30 heavy (non-hydrogen) atoms. The van der Waals surface area contributed by atoms with Crippen molar-refractivity contribution in [3.05, 3.63) is 113 Å². The third-order valence-electron chi connectivity index (χ3n) is 5.48. The summed E-state index contributed by atoms with van der Waals surface area (Å²) < 4.78 is 1.09. The minimum absolute atomic E-state index is 1.01. The quantitative estimate of drug-likeness (QED) is 0.280. The molecule has 4 aromatic rings. The van der Waals surface area contributed by atoms with Crippen LogP contribution in [0, 0.1) is 0 Å². The summed E-state index contributed by atoms with van der Waals surface area (Å²) in [6, 6.07) is 35.0. The van der Waals surface area contributed by atoms with Gasteiger partial charge in [-0.1, -0.05) is 78.3 Å². The molecule has 0 amide bonds. The fourth-order valence-electron chi connectivity index (χ4n) is 3.74. The lowest BCUT2D eigenvalue weighted by Crippen LogP contribution is -2.11. The molecule has 0 radical (unpaired) electrons. The van der Waals surface area contributed by atoms with Gasteiger partial charge in [-0.2, -0.15) is 0 Å². The molecule has 0 aliphatic rings. The second-order valence-electron chi connectivity index (χ2n) is 7.40. The van der Waals surface area contributed by atoms with Crippen LogP contribution in [0.2, 0.25) is 0 Å². The zero-order valence-electron chi connectivity index (χ0n) is 17.5. The number of hydrogen-bond acceptors (Lipinski definition) is 1. The van der Waals surface area contributed by atoms with Crippen LogP contribution in [-0.4, -0.2) is 0 Å². The molecule has 0 aromatic heterocycles. The molecular formula is C28H26BrN. The summed E-state index contributed by atoms with van der Waals surface area (Å²) in [6.07, 6.45) is 2.06. The first kappa shape index (κ1) is 20.4. The number of benzene rings is 4. The van der Waals surface area contributed by atoms with E-state index in [9.17, 15) is 0 Å². The normalized spacial score (nSPS) is 10.8. The van der Waals surface area contributed by atoms with Gasteiger partial charge in [0.05, 0.1) is 5.69 Å². The van der Waals surface area contributed by atoms with Gasteiger partial charge in [-0.15, -0.1) is 0 Å². The number of hydrogen-bond donors (Lipinski definition) is 0. The summed E-state index contributed by atoms with van der Waals surface area (Å²) >= 11 is 3.57. The topological polar surface area (TPSA) is 3.24 Å². The van der Waals surface area contributed by atoms with E-state index in [1.807, 2.05) is 0 Å². The largest absolute Gasteiger partial charge is 0.310 e. The maximum Gasteiger partial charge on any atom is 0.0540 e. The monoisotopic (exact) mass is 455 g/mol. The molecule has 150 valence electrons. The molecule has 0 N–H and O–H groups in total. The van der Waals surface area contributed by atoms with Gasteiger partial charge in [-0.25, -0.2) is 0 Å². The lowest BCUT2D eigenvalue weighted by Gasteiger charge is -2.28. The molecule has 0 unspecified atom stereocenters. The van der Waals surface area contributed by atoms with Gasteiger partial charge in [-0.3, -0.25) is 0 Å². The van der Waals surface area contributed by atoms with Gasteiger partial charge in [0.1, 0.15) is 0 Å². The summed E-state index contributed by atoms with van der Waals surface area (Å²) in [5, 5.41) is 0. The minimum Gasteiger partial charge on any atom is -0.310 e. The third kappa shape index (κ3) is 4.34. The second-order valence-corrected chi connectivity index (χ2v) is 8.32. The van der Waals surface area contributed by atoms with E-state index in [0.717, 1.165) is 23.0 Å². The molecule has 0 heterocycles. The first-order chi connectivity index (χ1) is 14.7. The zero-order valence-corrected chi connectivity index (χ0v) is 19.1. The number of para-hydroxylation sites is 1. The van der Waals surface area contributed by atoms with Gasteiger partial charge in [0.2, 0.25) is 0 Å². The molecule has 0 aliphatic carbocycles. The van der Waals surface area contributed by atoms with Crippen molar-refractivity contribution in [2.75, 3.05) is 4.90 Å². The Kier molecular flexibility index (Phi) is 6.35. The molecule has 4 rings (SSSR count). The maximum absolute atomic E-state index is 3.57. The van der Waals surface area contributed by atoms with E-state index in [0.29, 0.717) is 0 Å². The second kappa shape index (κ2) is 9.32. The van der Waals surface area contributed by atoms with Crippen LogP contribution < -0.4 is 4.90 Å². The smallest absolute Gasteiger partial charge is 0.0540 e. The zero-order chi connectivity index (χ0) is 20.9. The van der Waals surface area contributed by atoms with Crippen LogP contribution in [0.1, 0.15) is 25.0 Å². The van der Waals surface area contributed by atoms with E-state index >= 15 is 0 Å². The van der Waals surface area contributed by atoms with Crippen molar-refractivity contribution in [1.82, 2.24) is 0 Å². The summed E-state index contributed by atoms with van der Waals surface area (Å²) in [4.78, 5) is 2.36. The summed E-state index contributed by atoms with van der Waals surface area (Å²) in [5.41, 5.74) is 8.66. The van der Waals surface area contributed by atoms with Crippen molar-refractivity contribution in [2.45, 2.75) is 26.7 Å². The number of anilines is 3. The van der Waals surface area contributed by atoms with Gasteiger partial charge in [0.15, 0.2) is 0 Å². The highest BCUT2D eigenvalue weighted by Gasteiger charge is 2.17. The van der Waals surface area contributed by atoms with E-state index in [4.69, 9.17) is 0 Å². The predicted molar refractivity (Wildman–Crippen MR) is 133 cm³/mol. The van der Waals surface area contributed by atoms with Gasteiger partial charge >= 0.3 is 0 Å². The van der Waals surface area contributed by atoms with Crippen LogP contribution in [0.3, 0.4) is 0 Å². The Morgan fingerprint density at radius 3 is 1.87 bits per heavy atom. The molecule has 0 spiro atoms. The number of rotatable bonds is 6. The van der Waals surface area contributed by atoms with Crippen molar-refractivity contribution in [1.29, 1.82) is 0 Å². The van der Waals surface area contributed by atoms with Crippen LogP contribution in [0.5, 0.6) is 0 Å². The van der Waals surface area contributed by atoms with Crippen molar-refractivity contribution < 1.29 is 0 Å². The van der Waals surface area contributed by atoms with Gasteiger partial charge < -0.3 is 4.90 Å². The molecular weight excluding hydrogens is 430 g/mol. The van der Waals surface area contributed by atoms with Crippen molar-refractivity contribution in [3.8, 4) is 11.1 Å². The fourth-order valence-corrected chi connectivity index (χ4v) is 4.01. The predicted octanol–water partition coefficient (Wildman–Crippen LogP) is 8.71. The Hall–Kier alpha value is -2.84. The van der Waals surface area contributed by atoms with Crippen LogP contribution in [0.15, 0.2) is 102 Å². The van der Waals surface area contributed by atoms with Gasteiger partial charge in [0.25, 0.3) is 0 Å². The first-order valence-corrected chi connectivity index (χ1v) is 11.3. The van der Waals surface area contributed by atoms with Crippen molar-refractivity contribution >= 4 is 33.0 Å². The van der Waals surface area contributed by atoms with Crippen LogP contribution in [0.4, 0.5) is 17.1 Å². The van der Waals surface area contributed by atoms with Crippen molar-refractivity contribution in [3.63, 3.8) is 0 Å². The van der Waals surface area contributed by atoms with Crippen LogP contribution in [0.25, 0.3) is 11.1 Å². The Balaban J connectivity index is 1.93. The van der Waals surface area contributed by atoms with E-state index < -0.39 is 0 Å². The van der Waals surface area contributed by atoms with Crippen LogP contribution in [-0.2, 0) is 12.8 Å². The van der Waals surface area contributed by atoms with Gasteiger partial charge in [0, 0.05) is 21.4 Å². The summed E-state index contributed by atoms with van der Waals surface area (Å²) in [6.45, 7) is 4.40. The van der Waals surface area contributed by atoms with E-state index in [-0.39, 0.29) is 0 Å². The van der Waals surface area contributed by atoms with Gasteiger partial charge in [-0.05, 0) is 78.1 Å². The lowest BCUT2D eigenvalue weighted by molar-refractivity contribution is 1.13. The maximum atomic E-state index is 3.57. The van der Waals surface area contributed by atoms with Crippen molar-refractivity contribution in [2.24, 2.45) is 0 Å². The highest BCUT2D eigenvalue weighted by Crippen LogP contribution is 2.41. The van der Waals surface area contributed by atoms with Crippen LogP contribution >= 0.6 is 15.9 Å². The minimum atomic E-state index is 1.01. The fraction of sp³-hybridized carbons (Fsp3) is 0.143. The standard InChI is InChI=1S/C28H26BrN/c1-3-21-10-17-26(18-11-21)30(25-8-6-5-7-9-25)28-19-12-22(4-2)20-27(28)23-13-15-24(29)16-14-23/h5-20H,3-4H2,1-2H3. The Bertz CT molecular complexity index is 1100. The highest BCUT2D eigenvalue weighted by atomic mass is 79.9. The Labute approximate surface area is 188 Å². The van der Waals surface area contributed by atoms with E-state index in [2.05, 4.69) is 132 Å². The molecule has 4 aromatic carbocycles. The SMILES string of the molecule is CCc1ccc(N(c2ccccc2)c2ccc(CC)cc2-c2ccc(Br)cc2)cc1. The average molecular weight is 456 g/mol. The molecule has 2 heteroatoms. The number of halogens is 1. The highest BCUT2D eigenvalue weighted by molar-refractivity contribution is 9.10. The molecule has 0 saturated carbocycles. The van der Waals surface area contributed by atoms with E-state index in [1.54, 1.807) is 0 Å². The summed E-state index contributed by atoms with van der Waals surface area (Å²) in [7, 11) is 0.